The van der Waals surface area contributed by atoms with Gasteiger partial charge in [-0.25, -0.2) is 8.78 Å². The van der Waals surface area contributed by atoms with Gasteiger partial charge in [0, 0.05) is 50.5 Å². The third kappa shape index (κ3) is 12.8. The topological polar surface area (TPSA) is 61.9 Å². The molecule has 2 rings (SSSR count). The number of rotatable bonds is 13. The van der Waals surface area contributed by atoms with Gasteiger partial charge in [0.2, 0.25) is 0 Å². The van der Waals surface area contributed by atoms with Crippen LogP contribution in [0.25, 0.3) is 0 Å². The van der Waals surface area contributed by atoms with Crippen molar-refractivity contribution in [3.8, 4) is 0 Å². The monoisotopic (exact) mass is 519 g/mol. The van der Waals surface area contributed by atoms with E-state index in [1.54, 1.807) is 20.1 Å². The number of halogens is 2. The van der Waals surface area contributed by atoms with Gasteiger partial charge in [0.1, 0.15) is 11.6 Å². The summed E-state index contributed by atoms with van der Waals surface area (Å²) in [6.45, 7) is 12.2. The zero-order chi connectivity index (χ0) is 27.8. The molecule has 0 spiro atoms. The summed E-state index contributed by atoms with van der Waals surface area (Å²) in [5.41, 5.74) is 2.66. The van der Waals surface area contributed by atoms with E-state index in [4.69, 9.17) is 4.74 Å². The van der Waals surface area contributed by atoms with Gasteiger partial charge in [-0.05, 0) is 88.2 Å². The van der Waals surface area contributed by atoms with Gasteiger partial charge < -0.3 is 19.9 Å². The van der Waals surface area contributed by atoms with Gasteiger partial charge in [0.15, 0.2) is 0 Å². The Hall–Kier alpha value is -2.84. The summed E-state index contributed by atoms with van der Waals surface area (Å²) in [5, 5.41) is 2.96. The fourth-order valence-corrected chi connectivity index (χ4v) is 3.78. The van der Waals surface area contributed by atoms with Crippen LogP contribution in [0.3, 0.4) is 0 Å². The van der Waals surface area contributed by atoms with Gasteiger partial charge in [-0.2, -0.15) is 0 Å². The lowest BCUT2D eigenvalue weighted by atomic mass is 10.0. The second-order valence-corrected chi connectivity index (χ2v) is 9.23. The first-order chi connectivity index (χ1) is 17.6. The van der Waals surface area contributed by atoms with Gasteiger partial charge in [0.25, 0.3) is 11.8 Å². The van der Waals surface area contributed by atoms with Crippen LogP contribution in [0.15, 0.2) is 36.4 Å². The minimum atomic E-state index is -0.521. The highest BCUT2D eigenvalue weighted by Crippen LogP contribution is 2.13. The molecule has 8 heteroatoms. The van der Waals surface area contributed by atoms with Crippen molar-refractivity contribution >= 4 is 11.8 Å². The van der Waals surface area contributed by atoms with E-state index in [-0.39, 0.29) is 11.8 Å². The Morgan fingerprint density at radius 2 is 1.41 bits per heavy atom. The first-order valence-corrected chi connectivity index (χ1v) is 12.9. The molecule has 0 radical (unpaired) electrons. The molecule has 206 valence electrons. The fourth-order valence-electron chi connectivity index (χ4n) is 3.78. The van der Waals surface area contributed by atoms with Crippen LogP contribution in [0, 0.1) is 25.5 Å². The standard InChI is InChI=1S/C22H37N3O3.C7H6F2/c1-6-10-25(11-7-2)22(27)20-16-18(3)15-19(17-20)21(26)23-9-8-12-24(4)13-14-28-5;1-5-2-6(8)4-7(9)3-5/h15-17H,6-14H2,1-5H3,(H,23,26);2-4H,1H3. The van der Waals surface area contributed by atoms with Crippen molar-refractivity contribution in [1.82, 2.24) is 15.1 Å². The number of ether oxygens (including phenoxy) is 1. The lowest BCUT2D eigenvalue weighted by Crippen LogP contribution is -2.33. The second-order valence-electron chi connectivity index (χ2n) is 9.23. The molecule has 0 saturated carbocycles. The van der Waals surface area contributed by atoms with Crippen molar-refractivity contribution in [1.29, 1.82) is 0 Å². The minimum absolute atomic E-state index is 0.00113. The molecular formula is C29H43F2N3O3. The molecule has 2 aromatic rings. The van der Waals surface area contributed by atoms with Gasteiger partial charge >= 0.3 is 0 Å². The molecule has 0 aromatic heterocycles. The highest BCUT2D eigenvalue weighted by atomic mass is 19.1. The van der Waals surface area contributed by atoms with E-state index in [0.29, 0.717) is 29.8 Å². The molecule has 0 atom stereocenters. The molecule has 0 aliphatic carbocycles. The molecule has 0 aliphatic rings. The Balaban J connectivity index is 0.000000635. The number of nitrogens with zero attached hydrogens (tertiary/aromatic N) is 2. The van der Waals surface area contributed by atoms with E-state index in [2.05, 4.69) is 24.1 Å². The summed E-state index contributed by atoms with van der Waals surface area (Å²) < 4.78 is 29.4. The van der Waals surface area contributed by atoms with Crippen molar-refractivity contribution in [2.24, 2.45) is 0 Å². The molecule has 1 N–H and O–H groups in total. The van der Waals surface area contributed by atoms with Crippen molar-refractivity contribution in [3.63, 3.8) is 0 Å². The van der Waals surface area contributed by atoms with Crippen molar-refractivity contribution in [2.45, 2.75) is 47.0 Å². The smallest absolute Gasteiger partial charge is 0.253 e. The second kappa shape index (κ2) is 17.6. The van der Waals surface area contributed by atoms with Crippen LogP contribution < -0.4 is 5.32 Å². The number of hydrogen-bond donors (Lipinski definition) is 1. The summed E-state index contributed by atoms with van der Waals surface area (Å²) >= 11 is 0. The lowest BCUT2D eigenvalue weighted by Gasteiger charge is -2.22. The summed E-state index contributed by atoms with van der Waals surface area (Å²) in [7, 11) is 3.73. The van der Waals surface area contributed by atoms with Gasteiger partial charge in [-0.3, -0.25) is 9.59 Å². The van der Waals surface area contributed by atoms with Crippen molar-refractivity contribution in [3.05, 3.63) is 70.3 Å². The Morgan fingerprint density at radius 1 is 0.838 bits per heavy atom. The highest BCUT2D eigenvalue weighted by Gasteiger charge is 2.17. The summed E-state index contributed by atoms with van der Waals surface area (Å²) in [6.07, 6.45) is 2.71. The SMILES string of the molecule is CCCN(CCC)C(=O)c1cc(C)cc(C(=O)NCCCN(C)CCOC)c1.Cc1cc(F)cc(F)c1. The third-order valence-corrected chi connectivity index (χ3v) is 5.55. The number of aryl methyl sites for hydroxylation is 2. The molecule has 6 nitrogen and oxygen atoms in total. The van der Waals surface area contributed by atoms with Crippen LogP contribution in [0.2, 0.25) is 0 Å². The summed E-state index contributed by atoms with van der Waals surface area (Å²) in [4.78, 5) is 29.4. The van der Waals surface area contributed by atoms with Crippen LogP contribution in [0.1, 0.15) is 65.0 Å². The molecule has 0 heterocycles. The molecule has 0 saturated heterocycles. The molecule has 0 fully saturated rings. The number of methoxy groups -OCH3 is 1. The molecule has 37 heavy (non-hydrogen) atoms. The van der Waals surface area contributed by atoms with Gasteiger partial charge in [-0.1, -0.05) is 13.8 Å². The van der Waals surface area contributed by atoms with Gasteiger partial charge in [0.05, 0.1) is 6.61 Å². The predicted octanol–water partition coefficient (Wildman–Crippen LogP) is 5.23. The average Bonchev–Trinajstić information content (AvgIpc) is 2.83. The zero-order valence-corrected chi connectivity index (χ0v) is 23.2. The lowest BCUT2D eigenvalue weighted by molar-refractivity contribution is 0.0755. The van der Waals surface area contributed by atoms with E-state index in [1.165, 1.54) is 12.1 Å². The van der Waals surface area contributed by atoms with Crippen LogP contribution >= 0.6 is 0 Å². The van der Waals surface area contributed by atoms with Crippen molar-refractivity contribution in [2.75, 3.05) is 53.5 Å². The maximum absolute atomic E-state index is 12.9. The maximum Gasteiger partial charge on any atom is 0.253 e. The first-order valence-electron chi connectivity index (χ1n) is 12.9. The number of benzene rings is 2. The summed E-state index contributed by atoms with van der Waals surface area (Å²) in [6, 6.07) is 8.83. The number of carbonyl (C=O) groups is 2. The predicted molar refractivity (Wildman–Crippen MR) is 145 cm³/mol. The Morgan fingerprint density at radius 3 is 1.95 bits per heavy atom. The minimum Gasteiger partial charge on any atom is -0.383 e. The fraction of sp³-hybridized carbons (Fsp3) is 0.517. The van der Waals surface area contributed by atoms with Crippen molar-refractivity contribution < 1.29 is 23.1 Å². The Labute approximate surface area is 221 Å². The maximum atomic E-state index is 12.9. The first kappa shape index (κ1) is 32.2. The van der Waals surface area contributed by atoms with Crippen LogP contribution in [-0.2, 0) is 4.74 Å². The summed E-state index contributed by atoms with van der Waals surface area (Å²) in [5.74, 6) is -1.17. The zero-order valence-electron chi connectivity index (χ0n) is 23.2. The largest absolute Gasteiger partial charge is 0.383 e. The quantitative estimate of drug-likeness (QED) is 0.368. The third-order valence-electron chi connectivity index (χ3n) is 5.55. The molecular weight excluding hydrogens is 476 g/mol. The van der Waals surface area contributed by atoms with Crippen LogP contribution in [0.4, 0.5) is 8.78 Å². The number of carbonyl (C=O) groups excluding carboxylic acids is 2. The highest BCUT2D eigenvalue weighted by molar-refractivity contribution is 6.00. The Kier molecular flexibility index (Phi) is 15.3. The van der Waals surface area contributed by atoms with E-state index < -0.39 is 11.6 Å². The molecule has 0 aliphatic heterocycles. The van der Waals surface area contributed by atoms with E-state index in [1.807, 2.05) is 31.0 Å². The average molecular weight is 520 g/mol. The number of likely N-dealkylation sites (N-methyl/N-ethyl adjacent to an activating group) is 1. The normalized spacial score (nSPS) is 10.6. The Bertz CT molecular complexity index is 928. The van der Waals surface area contributed by atoms with Gasteiger partial charge in [-0.15, -0.1) is 0 Å². The number of nitrogens with one attached hydrogen (secondary N) is 1. The van der Waals surface area contributed by atoms with E-state index >= 15 is 0 Å². The number of amides is 2. The number of hydrogen-bond acceptors (Lipinski definition) is 4. The molecule has 2 aromatic carbocycles. The van der Waals surface area contributed by atoms with E-state index in [0.717, 1.165) is 57.1 Å². The molecule has 2 amide bonds. The van der Waals surface area contributed by atoms with Crippen LogP contribution in [-0.4, -0.2) is 75.1 Å². The van der Waals surface area contributed by atoms with E-state index in [9.17, 15) is 18.4 Å². The molecule has 0 bridgehead atoms. The van der Waals surface area contributed by atoms with Crippen LogP contribution in [0.5, 0.6) is 0 Å². The molecule has 0 unspecified atom stereocenters.